The van der Waals surface area contributed by atoms with Gasteiger partial charge in [-0.05, 0) is 79.2 Å². The van der Waals surface area contributed by atoms with Gasteiger partial charge < -0.3 is 0 Å². The maximum Gasteiger partial charge on any atom is 0.123 e. The fourth-order valence-corrected chi connectivity index (χ4v) is 4.63. The third-order valence-electron chi connectivity index (χ3n) is 6.80. The predicted molar refractivity (Wildman–Crippen MR) is 167 cm³/mol. The van der Waals surface area contributed by atoms with Gasteiger partial charge in [0.2, 0.25) is 0 Å². The van der Waals surface area contributed by atoms with Crippen molar-refractivity contribution in [1.29, 1.82) is 0 Å². The minimum atomic E-state index is -0.292. The lowest BCUT2D eigenvalue weighted by atomic mass is 10.1. The zero-order chi connectivity index (χ0) is 29.4. The number of nitrogens with zero attached hydrogens (tertiary/aromatic N) is 6. The van der Waals surface area contributed by atoms with E-state index in [1.807, 2.05) is 85.5 Å². The Hall–Kier alpha value is -5.50. The quantitative estimate of drug-likeness (QED) is 0.126. The number of halogens is 2. The Morgan fingerprint density at radius 1 is 0.535 bits per heavy atom. The fourth-order valence-electron chi connectivity index (χ4n) is 4.63. The van der Waals surface area contributed by atoms with Crippen LogP contribution in [-0.4, -0.2) is 45.1 Å². The molecule has 0 aliphatic carbocycles. The number of aromatic nitrogens is 4. The molecule has 4 aromatic carbocycles. The van der Waals surface area contributed by atoms with Crippen LogP contribution in [0, 0.1) is 11.6 Å². The van der Waals surface area contributed by atoms with Crippen molar-refractivity contribution in [3.8, 4) is 33.9 Å². The van der Waals surface area contributed by atoms with Crippen molar-refractivity contribution in [2.45, 2.75) is 6.42 Å². The van der Waals surface area contributed by atoms with Crippen molar-refractivity contribution in [1.82, 2.24) is 19.6 Å². The molecule has 0 atom stereocenters. The maximum absolute atomic E-state index is 13.6. The van der Waals surface area contributed by atoms with Crippen molar-refractivity contribution in [3.05, 3.63) is 144 Å². The summed E-state index contributed by atoms with van der Waals surface area (Å²) in [5.41, 5.74) is 6.63. The van der Waals surface area contributed by atoms with Crippen molar-refractivity contribution < 1.29 is 8.78 Å². The average Bonchev–Trinajstić information content (AvgIpc) is 3.67. The molecule has 0 aliphatic heterocycles. The Morgan fingerprint density at radius 2 is 0.930 bits per heavy atom. The largest absolute Gasteiger partial charge is 0.292 e. The molecule has 212 valence electrons. The lowest BCUT2D eigenvalue weighted by molar-refractivity contribution is 0.627. The number of para-hydroxylation sites is 2. The fraction of sp³-hybridized carbons (Fsp3) is 0.0857. The summed E-state index contributed by atoms with van der Waals surface area (Å²) < 4.78 is 30.7. The van der Waals surface area contributed by atoms with Crippen LogP contribution < -0.4 is 0 Å². The molecule has 0 saturated heterocycles. The van der Waals surface area contributed by atoms with Gasteiger partial charge >= 0.3 is 0 Å². The minimum absolute atomic E-state index is 0.292. The molecular formula is C35H28F2N6. The Bertz CT molecular complexity index is 1700. The van der Waals surface area contributed by atoms with E-state index in [0.29, 0.717) is 13.1 Å². The van der Waals surface area contributed by atoms with Gasteiger partial charge in [-0.15, -0.1) is 0 Å². The first-order valence-electron chi connectivity index (χ1n) is 14.0. The van der Waals surface area contributed by atoms with Gasteiger partial charge in [-0.2, -0.15) is 10.2 Å². The number of hydrogen-bond donors (Lipinski definition) is 0. The Balaban J connectivity index is 1.15. The molecule has 0 spiro atoms. The van der Waals surface area contributed by atoms with Gasteiger partial charge in [-0.3, -0.25) is 9.98 Å². The third-order valence-corrected chi connectivity index (χ3v) is 6.80. The van der Waals surface area contributed by atoms with E-state index in [0.717, 1.165) is 51.4 Å². The topological polar surface area (TPSA) is 60.4 Å². The van der Waals surface area contributed by atoms with Crippen LogP contribution in [0.2, 0.25) is 0 Å². The smallest absolute Gasteiger partial charge is 0.123 e. The van der Waals surface area contributed by atoms with Crippen LogP contribution in [0.3, 0.4) is 0 Å². The molecule has 0 aliphatic rings. The zero-order valence-electron chi connectivity index (χ0n) is 23.3. The maximum atomic E-state index is 13.6. The third kappa shape index (κ3) is 6.70. The minimum Gasteiger partial charge on any atom is -0.292 e. The summed E-state index contributed by atoms with van der Waals surface area (Å²) in [7, 11) is 0. The van der Waals surface area contributed by atoms with Crippen molar-refractivity contribution in [3.63, 3.8) is 0 Å². The molecule has 0 amide bonds. The Kier molecular flexibility index (Phi) is 8.36. The summed E-state index contributed by atoms with van der Waals surface area (Å²) in [6, 6.07) is 32.3. The molecule has 2 aromatic heterocycles. The van der Waals surface area contributed by atoms with Gasteiger partial charge in [0.25, 0.3) is 0 Å². The first kappa shape index (κ1) is 27.7. The van der Waals surface area contributed by atoms with Crippen LogP contribution in [0.5, 0.6) is 0 Å². The normalized spacial score (nSPS) is 11.6. The van der Waals surface area contributed by atoms with Crippen molar-refractivity contribution in [2.75, 3.05) is 13.1 Å². The molecular weight excluding hydrogens is 542 g/mol. The van der Waals surface area contributed by atoms with E-state index < -0.39 is 0 Å². The molecule has 8 heteroatoms. The van der Waals surface area contributed by atoms with Crippen molar-refractivity contribution in [2.24, 2.45) is 9.98 Å². The summed E-state index contributed by atoms with van der Waals surface area (Å²) in [5.74, 6) is -0.585. The first-order valence-corrected chi connectivity index (χ1v) is 14.0. The number of aliphatic imine (C=N–C) groups is 2. The van der Waals surface area contributed by atoms with Crippen LogP contribution in [0.4, 0.5) is 8.78 Å². The molecule has 0 radical (unpaired) electrons. The van der Waals surface area contributed by atoms with Gasteiger partial charge in [-0.25, -0.2) is 18.1 Å². The molecule has 0 bridgehead atoms. The molecule has 0 fully saturated rings. The van der Waals surface area contributed by atoms with Crippen LogP contribution in [-0.2, 0) is 0 Å². The number of hydrogen-bond acceptors (Lipinski definition) is 4. The molecule has 0 saturated carbocycles. The molecule has 6 rings (SSSR count). The molecule has 0 unspecified atom stereocenters. The molecule has 0 N–H and O–H groups in total. The highest BCUT2D eigenvalue weighted by atomic mass is 19.1. The van der Waals surface area contributed by atoms with Gasteiger partial charge in [0.05, 0.1) is 11.4 Å². The molecule has 2 heterocycles. The average molecular weight is 571 g/mol. The van der Waals surface area contributed by atoms with Gasteiger partial charge in [0.15, 0.2) is 0 Å². The molecule has 6 nitrogen and oxygen atoms in total. The van der Waals surface area contributed by atoms with E-state index in [1.54, 1.807) is 33.6 Å². The standard InChI is InChI=1S/C35H28F2N6/c36-30-16-12-26(13-17-30)34-28(24-42(40-34)32-8-3-1-4-9-32)22-38-20-7-21-39-23-29-25-43(33-10-5-2-6-11-33)41-35(29)27-14-18-31(37)19-15-27/h1-6,8-19,22-25H,7,20-21H2. The van der Waals surface area contributed by atoms with E-state index in [2.05, 4.69) is 9.98 Å². The second kappa shape index (κ2) is 13.0. The molecule has 6 aromatic rings. The number of rotatable bonds is 10. The Morgan fingerprint density at radius 3 is 1.33 bits per heavy atom. The van der Waals surface area contributed by atoms with E-state index in [4.69, 9.17) is 10.2 Å². The second-order valence-corrected chi connectivity index (χ2v) is 9.86. The summed E-state index contributed by atoms with van der Waals surface area (Å²) in [6.07, 6.45) is 8.22. The van der Waals surface area contributed by atoms with E-state index in [-0.39, 0.29) is 11.6 Å². The molecule has 43 heavy (non-hydrogen) atoms. The van der Waals surface area contributed by atoms with Gasteiger partial charge in [0.1, 0.15) is 23.0 Å². The lowest BCUT2D eigenvalue weighted by Crippen LogP contribution is -1.94. The summed E-state index contributed by atoms with van der Waals surface area (Å²) in [4.78, 5) is 9.27. The SMILES string of the molecule is Fc1ccc(-c2nn(-c3ccccc3)cc2C=NCCCN=Cc2cn(-c3ccccc3)nc2-c2ccc(F)cc2)cc1. The highest BCUT2D eigenvalue weighted by Gasteiger charge is 2.12. The first-order chi connectivity index (χ1) is 21.1. The van der Waals surface area contributed by atoms with Crippen LogP contribution in [0.1, 0.15) is 17.5 Å². The number of benzene rings is 4. The summed E-state index contributed by atoms with van der Waals surface area (Å²) in [5, 5.41) is 9.51. The highest BCUT2D eigenvalue weighted by Crippen LogP contribution is 2.24. The monoisotopic (exact) mass is 570 g/mol. The van der Waals surface area contributed by atoms with Gasteiger partial charge in [-0.1, -0.05) is 36.4 Å². The Labute approximate surface area is 248 Å². The van der Waals surface area contributed by atoms with E-state index in [9.17, 15) is 8.78 Å². The highest BCUT2D eigenvalue weighted by molar-refractivity contribution is 5.89. The summed E-state index contributed by atoms with van der Waals surface area (Å²) in [6.45, 7) is 1.15. The predicted octanol–water partition coefficient (Wildman–Crippen LogP) is 7.60. The van der Waals surface area contributed by atoms with Crippen LogP contribution >= 0.6 is 0 Å². The summed E-state index contributed by atoms with van der Waals surface area (Å²) >= 11 is 0. The van der Waals surface area contributed by atoms with Gasteiger partial charge in [0, 0.05) is 60.2 Å². The van der Waals surface area contributed by atoms with Crippen LogP contribution in [0.25, 0.3) is 33.9 Å². The lowest BCUT2D eigenvalue weighted by Gasteiger charge is -2.00. The van der Waals surface area contributed by atoms with Crippen LogP contribution in [0.15, 0.2) is 132 Å². The second-order valence-electron chi connectivity index (χ2n) is 9.86. The van der Waals surface area contributed by atoms with E-state index in [1.165, 1.54) is 24.3 Å². The van der Waals surface area contributed by atoms with Crippen molar-refractivity contribution >= 4 is 12.4 Å². The van der Waals surface area contributed by atoms with E-state index >= 15 is 0 Å². The zero-order valence-corrected chi connectivity index (χ0v) is 23.3.